The molecular formula is C20H24O4. The van der Waals surface area contributed by atoms with Gasteiger partial charge in [-0.25, -0.2) is 4.79 Å². The molecule has 0 amide bonds. The molecule has 4 heteroatoms. The maximum absolute atomic E-state index is 12.4. The van der Waals surface area contributed by atoms with Crippen LogP contribution in [0.15, 0.2) is 41.5 Å². The molecule has 0 spiro atoms. The van der Waals surface area contributed by atoms with Crippen molar-refractivity contribution in [1.29, 1.82) is 0 Å². The van der Waals surface area contributed by atoms with Gasteiger partial charge in [0.2, 0.25) is 0 Å². The fraction of sp³-hybridized carbons (Fsp3) is 0.450. The second-order valence-electron chi connectivity index (χ2n) is 6.91. The smallest absolute Gasteiger partial charge is 0.338 e. The summed E-state index contributed by atoms with van der Waals surface area (Å²) in [4.78, 5) is 35.6. The van der Waals surface area contributed by atoms with Gasteiger partial charge in [-0.3, -0.25) is 4.79 Å². The SMILES string of the molecule is CC(=O)[C@@H]1C[C@H](OC(=O)c2ccccc2)C(C)=C(CC=O)C1(C)C. The average Bonchev–Trinajstić information content (AvgIpc) is 2.54. The molecule has 24 heavy (non-hydrogen) atoms. The molecule has 0 N–H and O–H groups in total. The standard InChI is InChI=1S/C20H24O4/c1-13-16(10-11-21)20(3,4)17(14(2)22)12-18(13)24-19(23)15-8-6-5-7-9-15/h5-9,11,17-18H,10,12H2,1-4H3/t17-,18-/m0/s1. The third-order valence-electron chi connectivity index (χ3n) is 5.09. The molecule has 0 aromatic heterocycles. The highest BCUT2D eigenvalue weighted by molar-refractivity contribution is 5.89. The van der Waals surface area contributed by atoms with Gasteiger partial charge in [-0.2, -0.15) is 0 Å². The van der Waals surface area contributed by atoms with Crippen LogP contribution in [0.5, 0.6) is 0 Å². The van der Waals surface area contributed by atoms with Crippen LogP contribution in [0.2, 0.25) is 0 Å². The highest BCUT2D eigenvalue weighted by atomic mass is 16.5. The molecule has 0 aliphatic heterocycles. The number of allylic oxidation sites excluding steroid dienone is 1. The lowest BCUT2D eigenvalue weighted by Crippen LogP contribution is -2.41. The Morgan fingerprint density at radius 2 is 1.88 bits per heavy atom. The van der Waals surface area contributed by atoms with Crippen LogP contribution in [-0.4, -0.2) is 24.1 Å². The van der Waals surface area contributed by atoms with Crippen LogP contribution >= 0.6 is 0 Å². The molecule has 0 unspecified atom stereocenters. The Morgan fingerprint density at radius 1 is 1.25 bits per heavy atom. The predicted octanol–water partition coefficient (Wildman–Crippen LogP) is 3.75. The number of esters is 1. The molecule has 1 aromatic carbocycles. The Kier molecular flexibility index (Phi) is 5.37. The summed E-state index contributed by atoms with van der Waals surface area (Å²) in [5, 5.41) is 0. The normalized spacial score (nSPS) is 22.8. The minimum absolute atomic E-state index is 0.0525. The summed E-state index contributed by atoms with van der Waals surface area (Å²) >= 11 is 0. The summed E-state index contributed by atoms with van der Waals surface area (Å²) in [6.45, 7) is 7.41. The van der Waals surface area contributed by atoms with Crippen molar-refractivity contribution < 1.29 is 19.1 Å². The first-order chi connectivity index (χ1) is 11.3. The highest BCUT2D eigenvalue weighted by Crippen LogP contribution is 2.47. The minimum atomic E-state index is -0.477. The van der Waals surface area contributed by atoms with Crippen LogP contribution in [0.1, 0.15) is 50.9 Å². The zero-order valence-corrected chi connectivity index (χ0v) is 14.7. The fourth-order valence-electron chi connectivity index (χ4n) is 3.69. The van der Waals surface area contributed by atoms with E-state index in [1.165, 1.54) is 0 Å². The van der Waals surface area contributed by atoms with Gasteiger partial charge in [0, 0.05) is 12.3 Å². The Bertz CT molecular complexity index is 670. The topological polar surface area (TPSA) is 60.4 Å². The summed E-state index contributed by atoms with van der Waals surface area (Å²) in [7, 11) is 0. The molecule has 2 rings (SSSR count). The van der Waals surface area contributed by atoms with Gasteiger partial charge in [0.15, 0.2) is 0 Å². The van der Waals surface area contributed by atoms with Gasteiger partial charge in [-0.15, -0.1) is 0 Å². The maximum atomic E-state index is 12.4. The van der Waals surface area contributed by atoms with Gasteiger partial charge >= 0.3 is 5.97 Å². The summed E-state index contributed by atoms with van der Waals surface area (Å²) in [6, 6.07) is 8.78. The Morgan fingerprint density at radius 3 is 2.42 bits per heavy atom. The molecule has 0 fully saturated rings. The number of rotatable bonds is 5. The van der Waals surface area contributed by atoms with Gasteiger partial charge in [0.1, 0.15) is 18.2 Å². The Hall–Kier alpha value is -2.23. The van der Waals surface area contributed by atoms with Crippen LogP contribution in [0, 0.1) is 11.3 Å². The quantitative estimate of drug-likeness (QED) is 0.469. The van der Waals surface area contributed by atoms with Crippen LogP contribution in [0.4, 0.5) is 0 Å². The number of ketones is 1. The van der Waals surface area contributed by atoms with E-state index in [-0.39, 0.29) is 18.1 Å². The van der Waals surface area contributed by atoms with Crippen LogP contribution in [0.3, 0.4) is 0 Å². The lowest BCUT2D eigenvalue weighted by Gasteiger charge is -2.43. The number of benzene rings is 1. The molecule has 1 aromatic rings. The molecule has 0 saturated heterocycles. The van der Waals surface area contributed by atoms with Crippen molar-refractivity contribution in [2.24, 2.45) is 11.3 Å². The first-order valence-electron chi connectivity index (χ1n) is 8.19. The summed E-state index contributed by atoms with van der Waals surface area (Å²) in [6.07, 6.45) is 1.07. The number of ether oxygens (including phenoxy) is 1. The first-order valence-corrected chi connectivity index (χ1v) is 8.19. The van der Waals surface area contributed by atoms with Crippen molar-refractivity contribution in [2.45, 2.75) is 46.6 Å². The average molecular weight is 328 g/mol. The number of aldehydes is 1. The van der Waals surface area contributed by atoms with Crippen LogP contribution in [-0.2, 0) is 14.3 Å². The fourth-order valence-corrected chi connectivity index (χ4v) is 3.69. The first kappa shape index (κ1) is 18.1. The van der Waals surface area contributed by atoms with E-state index >= 15 is 0 Å². The van der Waals surface area contributed by atoms with E-state index in [0.29, 0.717) is 12.0 Å². The molecule has 1 aliphatic carbocycles. The van der Waals surface area contributed by atoms with E-state index in [1.54, 1.807) is 31.2 Å². The maximum Gasteiger partial charge on any atom is 0.338 e. The van der Waals surface area contributed by atoms with Crippen molar-refractivity contribution in [1.82, 2.24) is 0 Å². The Balaban J connectivity index is 2.35. The third kappa shape index (κ3) is 3.48. The molecule has 0 saturated carbocycles. The van der Waals surface area contributed by atoms with E-state index in [0.717, 1.165) is 17.4 Å². The number of carbonyl (C=O) groups excluding carboxylic acids is 3. The lowest BCUT2D eigenvalue weighted by molar-refractivity contribution is -0.125. The van der Waals surface area contributed by atoms with E-state index < -0.39 is 17.5 Å². The van der Waals surface area contributed by atoms with E-state index in [1.807, 2.05) is 26.8 Å². The highest BCUT2D eigenvalue weighted by Gasteiger charge is 2.44. The van der Waals surface area contributed by atoms with Crippen LogP contribution in [0.25, 0.3) is 0 Å². The van der Waals surface area contributed by atoms with Crippen molar-refractivity contribution in [3.63, 3.8) is 0 Å². The number of hydrogen-bond acceptors (Lipinski definition) is 4. The third-order valence-corrected chi connectivity index (χ3v) is 5.09. The van der Waals surface area contributed by atoms with Gasteiger partial charge < -0.3 is 9.53 Å². The van der Waals surface area contributed by atoms with E-state index in [2.05, 4.69) is 0 Å². The molecule has 4 nitrogen and oxygen atoms in total. The summed E-state index contributed by atoms with van der Waals surface area (Å²) in [5.74, 6) is -0.631. The largest absolute Gasteiger partial charge is 0.454 e. The van der Waals surface area contributed by atoms with Gasteiger partial charge in [-0.1, -0.05) is 37.6 Å². The van der Waals surface area contributed by atoms with Crippen molar-refractivity contribution in [3.05, 3.63) is 47.0 Å². The molecule has 1 aliphatic rings. The predicted molar refractivity (Wildman–Crippen MR) is 91.6 cm³/mol. The van der Waals surface area contributed by atoms with E-state index in [4.69, 9.17) is 4.74 Å². The second kappa shape index (κ2) is 7.12. The molecule has 0 bridgehead atoms. The zero-order valence-electron chi connectivity index (χ0n) is 14.7. The monoisotopic (exact) mass is 328 g/mol. The Labute approximate surface area is 142 Å². The molecule has 0 heterocycles. The van der Waals surface area contributed by atoms with Gasteiger partial charge in [0.25, 0.3) is 0 Å². The molecular weight excluding hydrogens is 304 g/mol. The van der Waals surface area contributed by atoms with Crippen LogP contribution < -0.4 is 0 Å². The summed E-state index contributed by atoms with van der Waals surface area (Å²) in [5.41, 5.74) is 1.85. The van der Waals surface area contributed by atoms with Gasteiger partial charge in [0.05, 0.1) is 5.56 Å². The summed E-state index contributed by atoms with van der Waals surface area (Å²) < 4.78 is 5.68. The number of carbonyl (C=O) groups is 3. The number of hydrogen-bond donors (Lipinski definition) is 0. The molecule has 128 valence electrons. The van der Waals surface area contributed by atoms with Crippen molar-refractivity contribution in [2.75, 3.05) is 0 Å². The molecule has 2 atom stereocenters. The van der Waals surface area contributed by atoms with E-state index in [9.17, 15) is 14.4 Å². The van der Waals surface area contributed by atoms with Crippen molar-refractivity contribution in [3.8, 4) is 0 Å². The second-order valence-corrected chi connectivity index (χ2v) is 6.91. The molecule has 0 radical (unpaired) electrons. The zero-order chi connectivity index (χ0) is 17.9. The van der Waals surface area contributed by atoms with Crippen molar-refractivity contribution >= 4 is 18.0 Å². The lowest BCUT2D eigenvalue weighted by atomic mass is 9.62. The minimum Gasteiger partial charge on any atom is -0.454 e. The van der Waals surface area contributed by atoms with Gasteiger partial charge in [-0.05, 0) is 43.4 Å². The number of Topliss-reactive ketones (excluding diaryl/α,β-unsaturated/α-hetero) is 1.